The Bertz CT molecular complexity index is 572. The molecule has 2 aromatic rings. The fraction of sp³-hybridized carbons (Fsp3) is 0.368. The predicted octanol–water partition coefficient (Wildman–Crippen LogP) is 4.62. The molecule has 0 radical (unpaired) electrons. The van der Waals surface area contributed by atoms with Gasteiger partial charge in [-0.05, 0) is 43.0 Å². The van der Waals surface area contributed by atoms with Gasteiger partial charge in [0, 0.05) is 0 Å². The zero-order chi connectivity index (χ0) is 15.4. The molecule has 1 N–H and O–H groups in total. The topological polar surface area (TPSA) is 29.5 Å². The maximum atomic E-state index is 10.4. The summed E-state index contributed by atoms with van der Waals surface area (Å²) in [4.78, 5) is 0. The lowest BCUT2D eigenvalue weighted by atomic mass is 10.0. The Kier molecular flexibility index (Phi) is 5.03. The summed E-state index contributed by atoms with van der Waals surface area (Å²) in [6, 6.07) is 16.0. The van der Waals surface area contributed by atoms with Gasteiger partial charge in [0.05, 0.1) is 0 Å². The molecule has 0 amide bonds. The lowest BCUT2D eigenvalue weighted by Crippen LogP contribution is -2.21. The summed E-state index contributed by atoms with van der Waals surface area (Å²) < 4.78 is 5.90. The van der Waals surface area contributed by atoms with Crippen LogP contribution in [0.15, 0.2) is 48.5 Å². The molecule has 2 aromatic carbocycles. The molecule has 21 heavy (non-hydrogen) atoms. The predicted molar refractivity (Wildman–Crippen MR) is 86.8 cm³/mol. The Labute approximate surface area is 127 Å². The molecule has 0 saturated carbocycles. The smallest absolute Gasteiger partial charge is 0.126 e. The SMILES string of the molecule is Cc1ccc(C(O)C(C)Oc2cccc(C(C)C)c2)cc1. The molecule has 0 bridgehead atoms. The zero-order valence-electron chi connectivity index (χ0n) is 13.2. The van der Waals surface area contributed by atoms with Gasteiger partial charge in [-0.15, -0.1) is 0 Å². The first kappa shape index (κ1) is 15.6. The van der Waals surface area contributed by atoms with E-state index in [2.05, 4.69) is 19.9 Å². The van der Waals surface area contributed by atoms with Crippen LogP contribution in [0.2, 0.25) is 0 Å². The number of hydrogen-bond donors (Lipinski definition) is 1. The minimum Gasteiger partial charge on any atom is -0.488 e. The van der Waals surface area contributed by atoms with Gasteiger partial charge in [0.2, 0.25) is 0 Å². The summed E-state index contributed by atoms with van der Waals surface area (Å²) in [6.07, 6.45) is -0.927. The third kappa shape index (κ3) is 4.08. The van der Waals surface area contributed by atoms with Gasteiger partial charge >= 0.3 is 0 Å². The monoisotopic (exact) mass is 284 g/mol. The molecule has 112 valence electrons. The van der Waals surface area contributed by atoms with Crippen LogP contribution in [0.4, 0.5) is 0 Å². The van der Waals surface area contributed by atoms with Gasteiger partial charge in [-0.2, -0.15) is 0 Å². The lowest BCUT2D eigenvalue weighted by Gasteiger charge is -2.21. The van der Waals surface area contributed by atoms with Crippen LogP contribution >= 0.6 is 0 Å². The van der Waals surface area contributed by atoms with Gasteiger partial charge < -0.3 is 9.84 Å². The second-order valence-electron chi connectivity index (χ2n) is 5.91. The van der Waals surface area contributed by atoms with E-state index in [1.807, 2.05) is 56.3 Å². The number of aliphatic hydroxyl groups excluding tert-OH is 1. The van der Waals surface area contributed by atoms with E-state index in [9.17, 15) is 5.11 Å². The average Bonchev–Trinajstić information content (AvgIpc) is 2.47. The molecule has 2 nitrogen and oxygen atoms in total. The highest BCUT2D eigenvalue weighted by molar-refractivity contribution is 5.31. The summed E-state index contributed by atoms with van der Waals surface area (Å²) in [5.41, 5.74) is 3.31. The van der Waals surface area contributed by atoms with Crippen LogP contribution in [0.1, 0.15) is 49.5 Å². The van der Waals surface area contributed by atoms with Crippen molar-refractivity contribution in [1.29, 1.82) is 0 Å². The van der Waals surface area contributed by atoms with Crippen molar-refractivity contribution in [3.63, 3.8) is 0 Å². The molecule has 0 aliphatic heterocycles. The second kappa shape index (κ2) is 6.77. The third-order valence-electron chi connectivity index (χ3n) is 3.71. The van der Waals surface area contributed by atoms with Crippen molar-refractivity contribution in [2.24, 2.45) is 0 Å². The van der Waals surface area contributed by atoms with Crippen LogP contribution in [0, 0.1) is 6.92 Å². The highest BCUT2D eigenvalue weighted by atomic mass is 16.5. The Morgan fingerprint density at radius 2 is 1.57 bits per heavy atom. The fourth-order valence-electron chi connectivity index (χ4n) is 2.26. The van der Waals surface area contributed by atoms with Crippen molar-refractivity contribution in [2.45, 2.75) is 45.8 Å². The van der Waals surface area contributed by atoms with Gasteiger partial charge in [-0.1, -0.05) is 55.8 Å². The number of hydrogen-bond acceptors (Lipinski definition) is 2. The molecule has 2 atom stereocenters. The van der Waals surface area contributed by atoms with Crippen LogP contribution in [0.3, 0.4) is 0 Å². The highest BCUT2D eigenvalue weighted by Gasteiger charge is 2.18. The largest absolute Gasteiger partial charge is 0.488 e. The number of aryl methyl sites for hydroxylation is 1. The van der Waals surface area contributed by atoms with E-state index in [1.165, 1.54) is 11.1 Å². The first-order valence-electron chi connectivity index (χ1n) is 7.48. The van der Waals surface area contributed by atoms with Crippen molar-refractivity contribution in [1.82, 2.24) is 0 Å². The maximum absolute atomic E-state index is 10.4. The molecule has 0 saturated heterocycles. The van der Waals surface area contributed by atoms with Crippen molar-refractivity contribution < 1.29 is 9.84 Å². The number of aliphatic hydroxyl groups is 1. The molecule has 0 heterocycles. The summed E-state index contributed by atoms with van der Waals surface area (Å²) in [5.74, 6) is 1.27. The Balaban J connectivity index is 2.08. The van der Waals surface area contributed by atoms with Crippen LogP contribution in [-0.4, -0.2) is 11.2 Å². The van der Waals surface area contributed by atoms with Gasteiger partial charge in [0.15, 0.2) is 0 Å². The minimum atomic E-state index is -0.631. The Morgan fingerprint density at radius 3 is 2.19 bits per heavy atom. The Hall–Kier alpha value is -1.80. The van der Waals surface area contributed by atoms with Crippen LogP contribution in [0.5, 0.6) is 5.75 Å². The summed E-state index contributed by atoms with van der Waals surface area (Å²) in [5, 5.41) is 10.4. The quantitative estimate of drug-likeness (QED) is 0.868. The van der Waals surface area contributed by atoms with Crippen LogP contribution in [0.25, 0.3) is 0 Å². The van der Waals surface area contributed by atoms with E-state index in [0.717, 1.165) is 11.3 Å². The second-order valence-corrected chi connectivity index (χ2v) is 5.91. The lowest BCUT2D eigenvalue weighted by molar-refractivity contribution is 0.0467. The van der Waals surface area contributed by atoms with Crippen molar-refractivity contribution in [3.05, 3.63) is 65.2 Å². The molecule has 0 spiro atoms. The minimum absolute atomic E-state index is 0.296. The van der Waals surface area contributed by atoms with Crippen LogP contribution < -0.4 is 4.74 Å². The van der Waals surface area contributed by atoms with E-state index < -0.39 is 6.10 Å². The number of rotatable bonds is 5. The van der Waals surface area contributed by atoms with E-state index in [1.54, 1.807) is 0 Å². The van der Waals surface area contributed by atoms with E-state index in [-0.39, 0.29) is 6.10 Å². The summed E-state index contributed by atoms with van der Waals surface area (Å²) in [7, 11) is 0. The molecule has 0 aliphatic rings. The average molecular weight is 284 g/mol. The molecule has 2 unspecified atom stereocenters. The van der Waals surface area contributed by atoms with Crippen molar-refractivity contribution in [3.8, 4) is 5.75 Å². The normalized spacial score (nSPS) is 14.0. The fourth-order valence-corrected chi connectivity index (χ4v) is 2.26. The molecule has 0 aliphatic carbocycles. The van der Waals surface area contributed by atoms with Gasteiger partial charge in [0.25, 0.3) is 0 Å². The summed E-state index contributed by atoms with van der Waals surface area (Å²) >= 11 is 0. The third-order valence-corrected chi connectivity index (χ3v) is 3.71. The number of ether oxygens (including phenoxy) is 1. The van der Waals surface area contributed by atoms with E-state index in [0.29, 0.717) is 5.92 Å². The van der Waals surface area contributed by atoms with Gasteiger partial charge in [-0.3, -0.25) is 0 Å². The first-order valence-corrected chi connectivity index (χ1v) is 7.48. The first-order chi connectivity index (χ1) is 9.97. The van der Waals surface area contributed by atoms with Gasteiger partial charge in [-0.25, -0.2) is 0 Å². The van der Waals surface area contributed by atoms with E-state index in [4.69, 9.17) is 4.74 Å². The number of benzene rings is 2. The molecule has 2 rings (SSSR count). The standard InChI is InChI=1S/C19H24O2/c1-13(2)17-6-5-7-18(12-17)21-15(4)19(20)16-10-8-14(3)9-11-16/h5-13,15,19-20H,1-4H3. The highest BCUT2D eigenvalue weighted by Crippen LogP contribution is 2.25. The molecular weight excluding hydrogens is 260 g/mol. The molecule has 2 heteroatoms. The molecular formula is C19H24O2. The zero-order valence-corrected chi connectivity index (χ0v) is 13.2. The summed E-state index contributed by atoms with van der Waals surface area (Å²) in [6.45, 7) is 8.24. The van der Waals surface area contributed by atoms with Gasteiger partial charge in [0.1, 0.15) is 18.0 Å². The molecule has 0 aromatic heterocycles. The van der Waals surface area contributed by atoms with E-state index >= 15 is 0 Å². The van der Waals surface area contributed by atoms with Crippen molar-refractivity contribution >= 4 is 0 Å². The van der Waals surface area contributed by atoms with Crippen molar-refractivity contribution in [2.75, 3.05) is 0 Å². The Morgan fingerprint density at radius 1 is 0.905 bits per heavy atom. The maximum Gasteiger partial charge on any atom is 0.126 e. The van der Waals surface area contributed by atoms with Crippen LogP contribution in [-0.2, 0) is 0 Å². The molecule has 0 fully saturated rings.